The number of halogens is 1. The molecule has 0 fully saturated rings. The van der Waals surface area contributed by atoms with Crippen LogP contribution in [-0.2, 0) is 0 Å². The van der Waals surface area contributed by atoms with Crippen molar-refractivity contribution in [1.29, 1.82) is 0 Å². The summed E-state index contributed by atoms with van der Waals surface area (Å²) in [6.45, 7) is 9.44. The molecule has 0 atom stereocenters. The van der Waals surface area contributed by atoms with Crippen molar-refractivity contribution < 1.29 is 0 Å². The van der Waals surface area contributed by atoms with E-state index < -0.39 is 7.26 Å². The van der Waals surface area contributed by atoms with E-state index >= 15 is 0 Å². The Morgan fingerprint density at radius 3 is 0.895 bits per heavy atom. The maximum absolute atomic E-state index is 2.36. The zero-order chi connectivity index (χ0) is 13.0. The minimum absolute atomic E-state index is 0. The predicted molar refractivity (Wildman–Crippen MR) is 108 cm³/mol. The Labute approximate surface area is 141 Å². The molecular weight excluding hydrogens is 335 g/mol. The molecule has 3 heteroatoms. The Balaban J connectivity index is -0.00000128. The van der Waals surface area contributed by atoms with Crippen molar-refractivity contribution in [3.63, 3.8) is 0 Å². The number of rotatable bonds is 12. The average molecular weight is 375 g/mol. The molecule has 0 bridgehead atoms. The van der Waals surface area contributed by atoms with Crippen molar-refractivity contribution in [2.45, 2.75) is 79.1 Å². The van der Waals surface area contributed by atoms with Crippen molar-refractivity contribution in [2.24, 2.45) is 0 Å². The van der Waals surface area contributed by atoms with E-state index in [4.69, 9.17) is 0 Å². The fraction of sp³-hybridized carbons (Fsp3) is 1.00. The summed E-state index contributed by atoms with van der Waals surface area (Å²) in [6, 6.07) is 0. The van der Waals surface area contributed by atoms with Gasteiger partial charge in [-0.3, -0.25) is 0 Å². The molecule has 0 aliphatic heterocycles. The molecule has 0 rings (SSSR count). The van der Waals surface area contributed by atoms with Gasteiger partial charge in [0.1, 0.15) is 0 Å². The zero-order valence-corrected chi connectivity index (χ0v) is 17.6. The molecule has 0 radical (unpaired) electrons. The molecular formula is C16H40BrPS. The van der Waals surface area contributed by atoms with Crippen molar-refractivity contribution in [3.8, 4) is 0 Å². The van der Waals surface area contributed by atoms with Gasteiger partial charge in [0, 0.05) is 0 Å². The Morgan fingerprint density at radius 1 is 0.526 bits per heavy atom. The summed E-state index contributed by atoms with van der Waals surface area (Å²) in [6.07, 6.45) is 18.1. The molecule has 0 heterocycles. The van der Waals surface area contributed by atoms with Gasteiger partial charge in [0.15, 0.2) is 0 Å². The summed E-state index contributed by atoms with van der Waals surface area (Å²) in [7, 11) is -0.879. The van der Waals surface area contributed by atoms with Gasteiger partial charge in [-0.05, 0) is 0 Å². The van der Waals surface area contributed by atoms with Gasteiger partial charge >= 0.3 is 111 Å². The van der Waals surface area contributed by atoms with Crippen LogP contribution in [0.5, 0.6) is 0 Å². The smallest absolute Gasteiger partial charge is 0.197 e. The zero-order valence-electron chi connectivity index (χ0n) is 13.9. The van der Waals surface area contributed by atoms with Crippen LogP contribution >= 0.6 is 37.7 Å². The predicted octanol–water partition coefficient (Wildman–Crippen LogP) is 6.63. The van der Waals surface area contributed by atoms with E-state index in [1.807, 2.05) is 0 Å². The minimum Gasteiger partial charge on any atom is -0.197 e. The molecule has 0 aromatic carbocycles. The summed E-state index contributed by atoms with van der Waals surface area (Å²) >= 11 is 0. The van der Waals surface area contributed by atoms with Crippen LogP contribution in [0.2, 0.25) is 0 Å². The summed E-state index contributed by atoms with van der Waals surface area (Å²) in [4.78, 5) is 0. The van der Waals surface area contributed by atoms with Crippen molar-refractivity contribution >= 4 is 37.7 Å². The van der Waals surface area contributed by atoms with Gasteiger partial charge in [0.2, 0.25) is 0 Å². The van der Waals surface area contributed by atoms with E-state index in [9.17, 15) is 0 Å². The van der Waals surface area contributed by atoms with Crippen LogP contribution in [0, 0.1) is 0 Å². The topological polar surface area (TPSA) is 0 Å². The molecule has 0 aromatic rings. The molecule has 0 saturated carbocycles. The van der Waals surface area contributed by atoms with Crippen molar-refractivity contribution in [2.75, 3.05) is 24.6 Å². The Bertz CT molecular complexity index is 127. The maximum Gasteiger partial charge on any atom is -0.197 e. The molecule has 0 spiro atoms. The molecule has 0 unspecified atom stereocenters. The molecule has 0 aromatic heterocycles. The second kappa shape index (κ2) is 17.3. The van der Waals surface area contributed by atoms with Gasteiger partial charge in [-0.25, -0.2) is 0 Å². The first-order valence-corrected chi connectivity index (χ1v) is 11.1. The summed E-state index contributed by atoms with van der Waals surface area (Å²) in [5, 5.41) is 0. The Hall–Kier alpha value is 1.26. The SMILES string of the molecule is Br.CCCC[PH](CCCC)(CCCC)CCCC.S. The van der Waals surface area contributed by atoms with E-state index in [0.717, 1.165) is 0 Å². The summed E-state index contributed by atoms with van der Waals surface area (Å²) in [5.41, 5.74) is 0. The van der Waals surface area contributed by atoms with E-state index in [0.29, 0.717) is 0 Å². The van der Waals surface area contributed by atoms with Crippen molar-refractivity contribution in [3.05, 3.63) is 0 Å². The van der Waals surface area contributed by atoms with Gasteiger partial charge < -0.3 is 0 Å². The van der Waals surface area contributed by atoms with Gasteiger partial charge in [0.05, 0.1) is 0 Å². The fourth-order valence-electron chi connectivity index (χ4n) is 2.96. The van der Waals surface area contributed by atoms with Gasteiger partial charge in [-0.2, -0.15) is 13.5 Å². The van der Waals surface area contributed by atoms with Crippen LogP contribution in [0.15, 0.2) is 0 Å². The molecule has 0 N–H and O–H groups in total. The maximum atomic E-state index is 2.36. The van der Waals surface area contributed by atoms with E-state index in [2.05, 4.69) is 27.7 Å². The van der Waals surface area contributed by atoms with Crippen LogP contribution in [0.3, 0.4) is 0 Å². The van der Waals surface area contributed by atoms with Crippen LogP contribution in [0.4, 0.5) is 0 Å². The third-order valence-electron chi connectivity index (χ3n) is 4.24. The van der Waals surface area contributed by atoms with Crippen LogP contribution in [0.1, 0.15) is 79.1 Å². The average Bonchev–Trinajstić information content (AvgIpc) is 2.37. The molecule has 0 aliphatic carbocycles. The first-order valence-electron chi connectivity index (χ1n) is 8.24. The van der Waals surface area contributed by atoms with E-state index in [-0.39, 0.29) is 30.5 Å². The molecule has 0 aliphatic rings. The Morgan fingerprint density at radius 2 is 0.737 bits per heavy atom. The van der Waals surface area contributed by atoms with Gasteiger partial charge in [-0.1, -0.05) is 0 Å². The third kappa shape index (κ3) is 12.7. The molecule has 122 valence electrons. The number of hydrogen-bond acceptors (Lipinski definition) is 0. The number of unbranched alkanes of at least 4 members (excludes halogenated alkanes) is 4. The first kappa shape index (κ1) is 25.2. The first-order chi connectivity index (χ1) is 8.24. The number of hydrogen-bond donors (Lipinski definition) is 0. The van der Waals surface area contributed by atoms with Crippen molar-refractivity contribution in [1.82, 2.24) is 0 Å². The second-order valence-corrected chi connectivity index (χ2v) is 10.9. The monoisotopic (exact) mass is 374 g/mol. The van der Waals surface area contributed by atoms with E-state index in [1.165, 1.54) is 51.4 Å². The molecule has 19 heavy (non-hydrogen) atoms. The summed E-state index contributed by atoms with van der Waals surface area (Å²) < 4.78 is 0. The quantitative estimate of drug-likeness (QED) is 0.336. The van der Waals surface area contributed by atoms with E-state index in [1.54, 1.807) is 24.6 Å². The fourth-order valence-corrected chi connectivity index (χ4v) is 8.87. The summed E-state index contributed by atoms with van der Waals surface area (Å²) in [5.74, 6) is 0. The largest absolute Gasteiger partial charge is 0.197 e. The van der Waals surface area contributed by atoms with Crippen LogP contribution in [0.25, 0.3) is 0 Å². The molecule has 0 nitrogen and oxygen atoms in total. The van der Waals surface area contributed by atoms with Gasteiger partial charge in [-0.15, -0.1) is 17.0 Å². The minimum atomic E-state index is -0.879. The molecule has 0 amide bonds. The third-order valence-corrected chi connectivity index (χ3v) is 9.90. The van der Waals surface area contributed by atoms with Gasteiger partial charge in [0.25, 0.3) is 0 Å². The normalized spacial score (nSPS) is 11.6. The second-order valence-electron chi connectivity index (χ2n) is 5.91. The molecule has 0 saturated heterocycles. The standard InChI is InChI=1S/C16H37P.BrH.H2S/c1-5-9-13-17(14-10-6-2,15-11-7-3)16-12-8-4;;/h17H,5-16H2,1-4H3;1H;1H2. The van der Waals surface area contributed by atoms with Crippen LogP contribution < -0.4 is 0 Å². The van der Waals surface area contributed by atoms with Crippen LogP contribution in [-0.4, -0.2) is 24.6 Å². The Kier molecular flexibility index (Phi) is 23.0.